The average molecular weight is 552 g/mol. The van der Waals surface area contributed by atoms with Crippen molar-refractivity contribution < 1.29 is 51.1 Å². The fourth-order valence-corrected chi connectivity index (χ4v) is 4.49. The van der Waals surface area contributed by atoms with Gasteiger partial charge in [0.15, 0.2) is 0 Å². The van der Waals surface area contributed by atoms with Gasteiger partial charge in [-0.25, -0.2) is 0 Å². The molecular formula is C32H24O6Ti+4. The number of benzene rings is 4. The van der Waals surface area contributed by atoms with Crippen LogP contribution in [0.3, 0.4) is 0 Å². The van der Waals surface area contributed by atoms with E-state index in [2.05, 4.69) is 0 Å². The quantitative estimate of drug-likeness (QED) is 0.123. The summed E-state index contributed by atoms with van der Waals surface area (Å²) in [6.07, 6.45) is 0. The Morgan fingerprint density at radius 3 is 1.05 bits per heavy atom. The van der Waals surface area contributed by atoms with E-state index in [9.17, 15) is 19.2 Å². The van der Waals surface area contributed by atoms with Gasteiger partial charge in [0.05, 0.1) is 22.3 Å². The normalized spacial score (nSPS) is 16.0. The fraction of sp³-hybridized carbons (Fsp3) is 0. The first kappa shape index (κ1) is 27.4. The van der Waals surface area contributed by atoms with E-state index in [1.54, 1.807) is 97.1 Å². The number of Topliss-reactive ketones (excluding diaryl/α,β-unsaturated/α-hetero) is 2. The minimum atomic E-state index is -0.290. The predicted molar refractivity (Wildman–Crippen MR) is 148 cm³/mol. The smallest absolute Gasteiger partial charge is 0.368 e. The van der Waals surface area contributed by atoms with Gasteiger partial charge in [-0.2, -0.15) is 0 Å². The third-order valence-corrected chi connectivity index (χ3v) is 6.41. The van der Waals surface area contributed by atoms with E-state index in [4.69, 9.17) is 10.2 Å². The van der Waals surface area contributed by atoms with Gasteiger partial charge < -0.3 is 10.2 Å². The van der Waals surface area contributed by atoms with E-state index in [0.717, 1.165) is 0 Å². The summed E-state index contributed by atoms with van der Waals surface area (Å²) in [7, 11) is 0. The first-order chi connectivity index (χ1) is 18.4. The molecule has 0 unspecified atom stereocenters. The second-order valence-electron chi connectivity index (χ2n) is 8.68. The van der Waals surface area contributed by atoms with Crippen molar-refractivity contribution >= 4 is 34.7 Å². The van der Waals surface area contributed by atoms with Gasteiger partial charge in [0.25, 0.3) is 11.5 Å². The van der Waals surface area contributed by atoms with Gasteiger partial charge in [0, 0.05) is 32.8 Å². The molecule has 0 amide bonds. The van der Waals surface area contributed by atoms with Crippen molar-refractivity contribution in [1.29, 1.82) is 0 Å². The van der Waals surface area contributed by atoms with Gasteiger partial charge in [-0.05, 0) is 36.4 Å². The number of hydrogen-bond donors (Lipinski definition) is 0. The van der Waals surface area contributed by atoms with Crippen molar-refractivity contribution in [3.05, 3.63) is 154 Å². The van der Waals surface area contributed by atoms with Crippen LogP contribution in [-0.4, -0.2) is 42.9 Å². The van der Waals surface area contributed by atoms with Gasteiger partial charge >= 0.3 is 11.6 Å². The van der Waals surface area contributed by atoms with Gasteiger partial charge in [0.1, 0.15) is 0 Å². The summed E-state index contributed by atoms with van der Waals surface area (Å²) >= 11 is 0. The molecule has 2 aliphatic rings. The van der Waals surface area contributed by atoms with E-state index in [1.807, 2.05) is 12.1 Å². The maximum atomic E-state index is 12.3. The summed E-state index contributed by atoms with van der Waals surface area (Å²) in [6.45, 7) is 0. The van der Waals surface area contributed by atoms with Crippen molar-refractivity contribution in [3.63, 3.8) is 0 Å². The van der Waals surface area contributed by atoms with Crippen LogP contribution in [0.5, 0.6) is 0 Å². The molecule has 0 saturated carbocycles. The van der Waals surface area contributed by atoms with Crippen LogP contribution in [0.15, 0.2) is 120 Å². The zero-order valence-electron chi connectivity index (χ0n) is 20.6. The zero-order chi connectivity index (χ0) is 26.8. The minimum absolute atomic E-state index is 0. The molecule has 0 aromatic heterocycles. The predicted octanol–water partition coefficient (Wildman–Crippen LogP) is 3.82. The van der Waals surface area contributed by atoms with Gasteiger partial charge in [-0.15, -0.1) is 0 Å². The van der Waals surface area contributed by atoms with Crippen LogP contribution in [-0.2, 0) is 21.7 Å². The molecule has 0 atom stereocenters. The Labute approximate surface area is 238 Å². The number of rotatable bonds is 2. The second-order valence-corrected chi connectivity index (χ2v) is 8.68. The first-order valence-electron chi connectivity index (χ1n) is 11.8. The molecule has 4 aromatic rings. The molecule has 6 N–H and O–H groups in total. The number of carbonyl (C=O) groups is 2. The number of allylic oxidation sites excluding steroid dienone is 2. The average Bonchev–Trinajstić information content (AvgIpc) is 3.38. The molecule has 2 aliphatic carbocycles. The number of carbonyl (C=O) groups excluding carboxylic acids is 4. The Balaban J connectivity index is 0.000000176. The minimum Gasteiger partial charge on any atom is -0.592 e. The summed E-state index contributed by atoms with van der Waals surface area (Å²) in [5.41, 5.74) is 3.30. The van der Waals surface area contributed by atoms with Crippen LogP contribution in [0.2, 0.25) is 0 Å². The number of hydrogen-bond acceptors (Lipinski definition) is 2. The molecule has 0 radical (unpaired) electrons. The molecule has 39 heavy (non-hydrogen) atoms. The molecule has 6 rings (SSSR count). The summed E-state index contributed by atoms with van der Waals surface area (Å²) in [6, 6.07) is 31.6. The van der Waals surface area contributed by atoms with Gasteiger partial charge in [-0.3, -0.25) is 19.2 Å². The van der Waals surface area contributed by atoms with Crippen LogP contribution in [0.4, 0.5) is 0 Å². The van der Waals surface area contributed by atoms with Crippen LogP contribution in [0.1, 0.15) is 43.0 Å². The van der Waals surface area contributed by atoms with E-state index >= 15 is 0 Å². The van der Waals surface area contributed by atoms with E-state index in [1.165, 1.54) is 0 Å². The Morgan fingerprint density at radius 2 is 0.744 bits per heavy atom. The van der Waals surface area contributed by atoms with Crippen LogP contribution < -0.4 is 0 Å². The topological polar surface area (TPSA) is 123 Å². The van der Waals surface area contributed by atoms with Crippen molar-refractivity contribution in [3.8, 4) is 0 Å². The van der Waals surface area contributed by atoms with Crippen molar-refractivity contribution in [2.45, 2.75) is 0 Å². The second kappa shape index (κ2) is 11.4. The number of fused-ring (bicyclic) bond motifs is 2. The third-order valence-electron chi connectivity index (χ3n) is 6.41. The summed E-state index contributed by atoms with van der Waals surface area (Å²) in [4.78, 5) is 44.8. The molecule has 6 nitrogen and oxygen atoms in total. The number of ketones is 4. The van der Waals surface area contributed by atoms with Crippen LogP contribution in [0.25, 0.3) is 11.5 Å². The third kappa shape index (κ3) is 4.95. The van der Waals surface area contributed by atoms with Gasteiger partial charge in [0.2, 0.25) is 22.7 Å². The SMILES string of the molecule is O=C1C(=C([OH2+])c2ccccc2)C(=[OH+])c2ccccc21.O=C1C(=C([OH2+])c2ccccc2)C(=[OH+])c2ccccc21.[Ti]. The Kier molecular flexibility index (Phi) is 8.00. The molecule has 0 aliphatic heterocycles. The largest absolute Gasteiger partial charge is 0.592 e. The van der Waals surface area contributed by atoms with Crippen molar-refractivity contribution in [1.82, 2.24) is 0 Å². The Bertz CT molecular complexity index is 1480. The maximum absolute atomic E-state index is 12.3. The van der Waals surface area contributed by atoms with Crippen LogP contribution >= 0.6 is 0 Å². The first-order valence-corrected chi connectivity index (χ1v) is 11.8. The molecule has 0 heterocycles. The molecule has 7 heteroatoms. The summed E-state index contributed by atoms with van der Waals surface area (Å²) < 4.78 is 0. The zero-order valence-corrected chi connectivity index (χ0v) is 22.2. The monoisotopic (exact) mass is 552 g/mol. The fourth-order valence-electron chi connectivity index (χ4n) is 4.49. The Morgan fingerprint density at radius 1 is 0.462 bits per heavy atom. The summed E-state index contributed by atoms with van der Waals surface area (Å²) in [5.74, 6) is -0.675. The molecule has 0 saturated heterocycles. The molecule has 188 valence electrons. The standard InChI is InChI=1S/2C16H10O3.Ti/c2*17-14(10-6-2-1-3-7-10)13-15(18)11-8-4-5-9-12(11)16(13)19;/h2*1-9,17H;/p+4. The maximum Gasteiger partial charge on any atom is 0.368 e. The Hall–Kier alpha value is -4.65. The van der Waals surface area contributed by atoms with Gasteiger partial charge in [-0.1, -0.05) is 72.8 Å². The van der Waals surface area contributed by atoms with Crippen molar-refractivity contribution in [2.24, 2.45) is 0 Å². The van der Waals surface area contributed by atoms with E-state index < -0.39 is 0 Å². The molecule has 0 fully saturated rings. The van der Waals surface area contributed by atoms with Crippen molar-refractivity contribution in [2.75, 3.05) is 0 Å². The molecule has 0 bridgehead atoms. The van der Waals surface area contributed by atoms with E-state index in [-0.39, 0.29) is 67.5 Å². The van der Waals surface area contributed by atoms with E-state index in [0.29, 0.717) is 33.4 Å². The molecule has 4 aromatic carbocycles. The molecule has 0 spiro atoms. The summed E-state index contributed by atoms with van der Waals surface area (Å²) in [5, 5.41) is 16.2. The molecular weight excluding hydrogens is 528 g/mol. The van der Waals surface area contributed by atoms with Crippen LogP contribution in [0, 0.1) is 0 Å².